The minimum atomic E-state index is -0.812. The van der Waals surface area contributed by atoms with E-state index in [0.717, 1.165) is 32.0 Å². The lowest BCUT2D eigenvalue weighted by Crippen LogP contribution is -2.29. The maximum absolute atomic E-state index is 13.3. The van der Waals surface area contributed by atoms with Gasteiger partial charge in [0.1, 0.15) is 0 Å². The van der Waals surface area contributed by atoms with E-state index in [4.69, 9.17) is 4.74 Å². The second-order valence-electron chi connectivity index (χ2n) is 4.42. The molecule has 4 heteroatoms. The summed E-state index contributed by atoms with van der Waals surface area (Å²) in [6.07, 6.45) is 2.18. The Balaban J connectivity index is 1.79. The Bertz CT molecular complexity index is 364. The van der Waals surface area contributed by atoms with E-state index in [0.29, 0.717) is 18.1 Å². The number of piperidine rings is 1. The molecule has 1 fully saturated rings. The van der Waals surface area contributed by atoms with Gasteiger partial charge in [-0.15, -0.1) is 0 Å². The summed E-state index contributed by atoms with van der Waals surface area (Å²) in [5.41, 5.74) is 0.291. The highest BCUT2D eigenvalue weighted by Crippen LogP contribution is 2.15. The molecule has 1 aromatic carbocycles. The fourth-order valence-electron chi connectivity index (χ4n) is 2.04. The second-order valence-corrected chi connectivity index (χ2v) is 4.42. The number of rotatable bonds is 4. The molecule has 1 aromatic rings. The summed E-state index contributed by atoms with van der Waals surface area (Å²) in [4.78, 5) is 0. The van der Waals surface area contributed by atoms with Crippen molar-refractivity contribution in [2.75, 3.05) is 19.7 Å². The molecule has 0 saturated carbocycles. The molecule has 2 rings (SSSR count). The fraction of sp³-hybridized carbons (Fsp3) is 0.538. The summed E-state index contributed by atoms with van der Waals surface area (Å²) >= 11 is 0. The van der Waals surface area contributed by atoms with Crippen LogP contribution in [0.5, 0.6) is 0 Å². The van der Waals surface area contributed by atoms with Gasteiger partial charge in [0, 0.05) is 12.2 Å². The monoisotopic (exact) mass is 241 g/mol. The van der Waals surface area contributed by atoms with Crippen LogP contribution < -0.4 is 5.32 Å². The van der Waals surface area contributed by atoms with E-state index in [1.54, 1.807) is 6.07 Å². The van der Waals surface area contributed by atoms with Crippen LogP contribution in [0.1, 0.15) is 18.4 Å². The summed E-state index contributed by atoms with van der Waals surface area (Å²) in [5, 5.41) is 3.27. The van der Waals surface area contributed by atoms with Gasteiger partial charge in [0.15, 0.2) is 11.6 Å². The number of hydrogen-bond donors (Lipinski definition) is 1. The highest BCUT2D eigenvalue weighted by molar-refractivity contribution is 5.17. The van der Waals surface area contributed by atoms with Gasteiger partial charge in [-0.3, -0.25) is 0 Å². The molecule has 1 N–H and O–H groups in total. The fourth-order valence-corrected chi connectivity index (χ4v) is 2.04. The highest BCUT2D eigenvalue weighted by Gasteiger charge is 2.13. The largest absolute Gasteiger partial charge is 0.376 e. The van der Waals surface area contributed by atoms with Gasteiger partial charge < -0.3 is 10.1 Å². The van der Waals surface area contributed by atoms with Crippen molar-refractivity contribution in [2.24, 2.45) is 5.92 Å². The van der Waals surface area contributed by atoms with Crippen molar-refractivity contribution in [3.8, 4) is 0 Å². The van der Waals surface area contributed by atoms with Crippen molar-refractivity contribution in [1.82, 2.24) is 5.32 Å². The van der Waals surface area contributed by atoms with E-state index in [-0.39, 0.29) is 6.61 Å². The molecule has 0 aromatic heterocycles. The highest BCUT2D eigenvalue weighted by atomic mass is 19.2. The molecule has 1 aliphatic rings. The van der Waals surface area contributed by atoms with Gasteiger partial charge in [-0.25, -0.2) is 8.78 Å². The van der Waals surface area contributed by atoms with Crippen LogP contribution in [0.2, 0.25) is 0 Å². The molecule has 17 heavy (non-hydrogen) atoms. The molecule has 0 bridgehead atoms. The average molecular weight is 241 g/mol. The van der Waals surface area contributed by atoms with Crippen LogP contribution in [-0.2, 0) is 11.3 Å². The van der Waals surface area contributed by atoms with E-state index in [1.165, 1.54) is 6.07 Å². The lowest BCUT2D eigenvalue weighted by Gasteiger charge is -2.22. The van der Waals surface area contributed by atoms with Crippen LogP contribution in [0.4, 0.5) is 8.78 Å². The van der Waals surface area contributed by atoms with Gasteiger partial charge in [-0.05, 0) is 37.9 Å². The summed E-state index contributed by atoms with van der Waals surface area (Å²) < 4.78 is 31.7. The number of ether oxygens (including phenoxy) is 1. The van der Waals surface area contributed by atoms with Crippen molar-refractivity contribution in [3.05, 3.63) is 35.4 Å². The van der Waals surface area contributed by atoms with Crippen LogP contribution in [0, 0.1) is 17.6 Å². The molecule has 0 spiro atoms. The molecule has 1 aliphatic heterocycles. The van der Waals surface area contributed by atoms with E-state index in [9.17, 15) is 8.78 Å². The van der Waals surface area contributed by atoms with Gasteiger partial charge >= 0.3 is 0 Å². The molecule has 0 unspecified atom stereocenters. The molecular formula is C13H17F2NO. The topological polar surface area (TPSA) is 21.3 Å². The third-order valence-corrected chi connectivity index (χ3v) is 3.10. The maximum atomic E-state index is 13.3. The minimum absolute atomic E-state index is 0.146. The second kappa shape index (κ2) is 6.07. The summed E-state index contributed by atoms with van der Waals surface area (Å²) in [5.74, 6) is -1.07. The van der Waals surface area contributed by atoms with Gasteiger partial charge in [0.05, 0.1) is 6.61 Å². The van der Waals surface area contributed by atoms with Gasteiger partial charge in [0.2, 0.25) is 0 Å². The Morgan fingerprint density at radius 2 is 2.00 bits per heavy atom. The van der Waals surface area contributed by atoms with E-state index < -0.39 is 11.6 Å². The van der Waals surface area contributed by atoms with Crippen LogP contribution >= 0.6 is 0 Å². The first-order chi connectivity index (χ1) is 8.27. The first kappa shape index (κ1) is 12.5. The van der Waals surface area contributed by atoms with Crippen LogP contribution in [0.15, 0.2) is 18.2 Å². The predicted molar refractivity (Wildman–Crippen MR) is 61.6 cm³/mol. The first-order valence-electron chi connectivity index (χ1n) is 5.98. The Hall–Kier alpha value is -1.00. The minimum Gasteiger partial charge on any atom is -0.376 e. The molecule has 0 atom stereocenters. The standard InChI is InChI=1S/C13H17F2NO/c14-12-3-1-2-11(13(12)15)9-17-8-10-4-6-16-7-5-10/h1-3,10,16H,4-9H2. The Labute approximate surface area is 100.0 Å². The predicted octanol–water partition coefficient (Wildman–Crippen LogP) is 2.48. The Morgan fingerprint density at radius 3 is 2.76 bits per heavy atom. The van der Waals surface area contributed by atoms with Crippen LogP contribution in [0.25, 0.3) is 0 Å². The lowest BCUT2D eigenvalue weighted by atomic mass is 9.99. The van der Waals surface area contributed by atoms with Crippen molar-refractivity contribution in [3.63, 3.8) is 0 Å². The smallest absolute Gasteiger partial charge is 0.164 e. The number of nitrogens with one attached hydrogen (secondary N) is 1. The van der Waals surface area contributed by atoms with Crippen molar-refractivity contribution in [2.45, 2.75) is 19.4 Å². The Kier molecular flexibility index (Phi) is 4.45. The van der Waals surface area contributed by atoms with E-state index in [2.05, 4.69) is 5.32 Å². The first-order valence-corrected chi connectivity index (χ1v) is 5.98. The normalized spacial score (nSPS) is 17.3. The van der Waals surface area contributed by atoms with Crippen LogP contribution in [-0.4, -0.2) is 19.7 Å². The lowest BCUT2D eigenvalue weighted by molar-refractivity contribution is 0.0743. The van der Waals surface area contributed by atoms with E-state index >= 15 is 0 Å². The van der Waals surface area contributed by atoms with Crippen LogP contribution in [0.3, 0.4) is 0 Å². The molecule has 0 aliphatic carbocycles. The van der Waals surface area contributed by atoms with E-state index in [1.807, 2.05) is 0 Å². The molecule has 0 amide bonds. The molecule has 94 valence electrons. The third-order valence-electron chi connectivity index (χ3n) is 3.10. The maximum Gasteiger partial charge on any atom is 0.164 e. The quantitative estimate of drug-likeness (QED) is 0.874. The molecular weight excluding hydrogens is 224 g/mol. The number of hydrogen-bond acceptors (Lipinski definition) is 2. The molecule has 0 radical (unpaired) electrons. The molecule has 1 heterocycles. The van der Waals surface area contributed by atoms with Crippen molar-refractivity contribution in [1.29, 1.82) is 0 Å². The molecule has 1 saturated heterocycles. The van der Waals surface area contributed by atoms with Gasteiger partial charge in [0.25, 0.3) is 0 Å². The summed E-state index contributed by atoms with van der Waals surface area (Å²) in [6, 6.07) is 4.17. The Morgan fingerprint density at radius 1 is 1.24 bits per heavy atom. The van der Waals surface area contributed by atoms with Gasteiger partial charge in [-0.2, -0.15) is 0 Å². The molecule has 2 nitrogen and oxygen atoms in total. The van der Waals surface area contributed by atoms with Crippen molar-refractivity contribution < 1.29 is 13.5 Å². The SMILES string of the molecule is Fc1cccc(COCC2CCNCC2)c1F. The van der Waals surface area contributed by atoms with Gasteiger partial charge in [-0.1, -0.05) is 12.1 Å². The number of benzene rings is 1. The van der Waals surface area contributed by atoms with Crippen molar-refractivity contribution >= 4 is 0 Å². The summed E-state index contributed by atoms with van der Waals surface area (Å²) in [6.45, 7) is 2.80. The summed E-state index contributed by atoms with van der Waals surface area (Å²) in [7, 11) is 0. The zero-order valence-corrected chi connectivity index (χ0v) is 9.72. The average Bonchev–Trinajstić information content (AvgIpc) is 2.36. The zero-order chi connectivity index (χ0) is 12.1. The third kappa shape index (κ3) is 3.48. The number of halogens is 2. The zero-order valence-electron chi connectivity index (χ0n) is 9.72.